The molecule has 0 radical (unpaired) electrons. The first kappa shape index (κ1) is 13.5. The van der Waals surface area contributed by atoms with Gasteiger partial charge in [0.2, 0.25) is 0 Å². The van der Waals surface area contributed by atoms with E-state index in [1.165, 1.54) is 6.08 Å². The molecular weight excluding hydrogens is 248 g/mol. The molecule has 4 amide bonds. The number of amides is 4. The van der Waals surface area contributed by atoms with Gasteiger partial charge in [0.15, 0.2) is 0 Å². The number of likely N-dealkylation sites (N-methyl/N-ethyl adjacent to an activating group) is 1. The van der Waals surface area contributed by atoms with Gasteiger partial charge in [-0.25, -0.2) is 4.79 Å². The van der Waals surface area contributed by atoms with E-state index in [4.69, 9.17) is 4.74 Å². The van der Waals surface area contributed by atoms with Crippen LogP contribution in [0.4, 0.5) is 4.79 Å². The van der Waals surface area contributed by atoms with Crippen LogP contribution in [0.1, 0.15) is 19.8 Å². The van der Waals surface area contributed by atoms with Crippen molar-refractivity contribution in [2.75, 3.05) is 13.2 Å². The number of imide groups is 2. The van der Waals surface area contributed by atoms with Crippen molar-refractivity contribution >= 4 is 17.8 Å². The molecule has 6 nitrogen and oxygen atoms in total. The second kappa shape index (κ2) is 5.79. The van der Waals surface area contributed by atoms with Crippen LogP contribution >= 0.6 is 0 Å². The summed E-state index contributed by atoms with van der Waals surface area (Å²) in [7, 11) is 0. The molecule has 2 aliphatic heterocycles. The quantitative estimate of drug-likeness (QED) is 0.602. The number of ether oxygens (including phenoxy) is 1. The zero-order chi connectivity index (χ0) is 13.8. The van der Waals surface area contributed by atoms with Gasteiger partial charge in [0.1, 0.15) is 5.57 Å². The minimum absolute atomic E-state index is 0.0318. The van der Waals surface area contributed by atoms with Crippen LogP contribution in [-0.4, -0.2) is 42.0 Å². The SMILES string of the molecule is CCN1C(=O)NC(=O)/C(=C\C=C\C2CCCO2)C1=O. The van der Waals surface area contributed by atoms with Crippen LogP contribution in [0, 0.1) is 0 Å². The number of allylic oxidation sites excluding steroid dienone is 2. The van der Waals surface area contributed by atoms with Gasteiger partial charge in [-0.1, -0.05) is 12.2 Å². The predicted molar refractivity (Wildman–Crippen MR) is 67.1 cm³/mol. The number of nitrogens with zero attached hydrogens (tertiary/aromatic N) is 1. The van der Waals surface area contributed by atoms with E-state index in [9.17, 15) is 14.4 Å². The van der Waals surface area contributed by atoms with Crippen LogP contribution < -0.4 is 5.32 Å². The number of hydrogen-bond donors (Lipinski definition) is 1. The van der Waals surface area contributed by atoms with Crippen molar-refractivity contribution in [3.63, 3.8) is 0 Å². The molecule has 0 bridgehead atoms. The Bertz CT molecular complexity index is 461. The lowest BCUT2D eigenvalue weighted by Gasteiger charge is -2.24. The van der Waals surface area contributed by atoms with Gasteiger partial charge in [0, 0.05) is 13.2 Å². The molecule has 0 aromatic rings. The van der Waals surface area contributed by atoms with Crippen LogP contribution in [0.15, 0.2) is 23.8 Å². The average molecular weight is 264 g/mol. The van der Waals surface area contributed by atoms with Crippen molar-refractivity contribution in [3.8, 4) is 0 Å². The highest BCUT2D eigenvalue weighted by atomic mass is 16.5. The summed E-state index contributed by atoms with van der Waals surface area (Å²) in [5.74, 6) is -1.22. The van der Waals surface area contributed by atoms with E-state index in [1.54, 1.807) is 13.0 Å². The van der Waals surface area contributed by atoms with Crippen molar-refractivity contribution in [1.29, 1.82) is 0 Å². The first-order chi connectivity index (χ1) is 9.13. The molecule has 6 heteroatoms. The van der Waals surface area contributed by atoms with Crippen LogP contribution in [0.2, 0.25) is 0 Å². The van der Waals surface area contributed by atoms with E-state index < -0.39 is 17.8 Å². The van der Waals surface area contributed by atoms with Crippen molar-refractivity contribution in [1.82, 2.24) is 10.2 Å². The average Bonchev–Trinajstić information content (AvgIpc) is 2.86. The summed E-state index contributed by atoms with van der Waals surface area (Å²) in [6.07, 6.45) is 6.87. The largest absolute Gasteiger partial charge is 0.374 e. The minimum atomic E-state index is -0.669. The van der Waals surface area contributed by atoms with Gasteiger partial charge in [-0.05, 0) is 25.8 Å². The van der Waals surface area contributed by atoms with Crippen molar-refractivity contribution in [2.45, 2.75) is 25.9 Å². The standard InChI is InChI=1S/C13H16N2O4/c1-2-15-12(17)10(11(16)14-13(15)18)7-3-5-9-6-4-8-19-9/h3,5,7,9H,2,4,6,8H2,1H3,(H,14,16,18)/b5-3+,10-7+. The highest BCUT2D eigenvalue weighted by molar-refractivity contribution is 6.28. The third-order valence-corrected chi connectivity index (χ3v) is 3.06. The molecule has 19 heavy (non-hydrogen) atoms. The van der Waals surface area contributed by atoms with Gasteiger partial charge in [0.05, 0.1) is 6.10 Å². The molecule has 2 heterocycles. The Morgan fingerprint density at radius 3 is 2.84 bits per heavy atom. The second-order valence-corrected chi connectivity index (χ2v) is 4.33. The smallest absolute Gasteiger partial charge is 0.331 e. The molecule has 2 fully saturated rings. The summed E-state index contributed by atoms with van der Waals surface area (Å²) in [5.41, 5.74) is -0.0318. The molecule has 1 atom stereocenters. The van der Waals surface area contributed by atoms with Crippen LogP contribution in [0.3, 0.4) is 0 Å². The van der Waals surface area contributed by atoms with E-state index in [1.807, 2.05) is 6.08 Å². The van der Waals surface area contributed by atoms with E-state index in [0.29, 0.717) is 0 Å². The Morgan fingerprint density at radius 1 is 1.42 bits per heavy atom. The summed E-state index contributed by atoms with van der Waals surface area (Å²) >= 11 is 0. The van der Waals surface area contributed by atoms with E-state index in [2.05, 4.69) is 5.32 Å². The zero-order valence-electron chi connectivity index (χ0n) is 10.7. The molecule has 0 aliphatic carbocycles. The molecule has 102 valence electrons. The molecule has 2 aliphatic rings. The van der Waals surface area contributed by atoms with E-state index in [0.717, 1.165) is 24.3 Å². The maximum Gasteiger partial charge on any atom is 0.331 e. The fourth-order valence-electron chi connectivity index (χ4n) is 2.03. The highest BCUT2D eigenvalue weighted by Gasteiger charge is 2.34. The molecule has 0 spiro atoms. The fourth-order valence-corrected chi connectivity index (χ4v) is 2.03. The Labute approximate surface area is 111 Å². The normalized spacial score (nSPS) is 26.6. The predicted octanol–water partition coefficient (Wildman–Crippen LogP) is 0.746. The molecular formula is C13H16N2O4. The Balaban J connectivity index is 2.10. The molecule has 2 rings (SSSR count). The molecule has 0 aromatic heterocycles. The fraction of sp³-hybridized carbons (Fsp3) is 0.462. The van der Waals surface area contributed by atoms with Crippen molar-refractivity contribution < 1.29 is 19.1 Å². The van der Waals surface area contributed by atoms with Gasteiger partial charge in [-0.2, -0.15) is 0 Å². The topological polar surface area (TPSA) is 75.7 Å². The Hall–Kier alpha value is -1.95. The van der Waals surface area contributed by atoms with Gasteiger partial charge in [0.25, 0.3) is 11.8 Å². The Morgan fingerprint density at radius 2 is 2.21 bits per heavy atom. The van der Waals surface area contributed by atoms with E-state index >= 15 is 0 Å². The van der Waals surface area contributed by atoms with Crippen molar-refractivity contribution in [3.05, 3.63) is 23.8 Å². The number of nitrogens with one attached hydrogen (secondary N) is 1. The third-order valence-electron chi connectivity index (χ3n) is 3.06. The summed E-state index contributed by atoms with van der Waals surface area (Å²) in [6.45, 7) is 2.64. The number of urea groups is 1. The van der Waals surface area contributed by atoms with Crippen LogP contribution in [-0.2, 0) is 14.3 Å². The molecule has 2 saturated heterocycles. The highest BCUT2D eigenvalue weighted by Crippen LogP contribution is 2.14. The first-order valence-corrected chi connectivity index (χ1v) is 6.30. The number of barbiturate groups is 1. The summed E-state index contributed by atoms with van der Waals surface area (Å²) < 4.78 is 5.39. The lowest BCUT2D eigenvalue weighted by Crippen LogP contribution is -2.53. The number of hydrogen-bond acceptors (Lipinski definition) is 4. The third kappa shape index (κ3) is 2.90. The van der Waals surface area contributed by atoms with Crippen LogP contribution in [0.5, 0.6) is 0 Å². The lowest BCUT2D eigenvalue weighted by molar-refractivity contribution is -0.130. The summed E-state index contributed by atoms with van der Waals surface area (Å²) in [4.78, 5) is 35.9. The number of carbonyl (C=O) groups excluding carboxylic acids is 3. The molecule has 1 unspecified atom stereocenters. The van der Waals surface area contributed by atoms with E-state index in [-0.39, 0.29) is 18.2 Å². The van der Waals surface area contributed by atoms with Gasteiger partial charge in [-0.3, -0.25) is 19.8 Å². The second-order valence-electron chi connectivity index (χ2n) is 4.33. The maximum atomic E-state index is 11.9. The summed E-state index contributed by atoms with van der Waals surface area (Å²) in [5, 5.41) is 2.13. The zero-order valence-corrected chi connectivity index (χ0v) is 10.7. The Kier molecular flexibility index (Phi) is 4.11. The van der Waals surface area contributed by atoms with Gasteiger partial charge in [-0.15, -0.1) is 0 Å². The number of rotatable bonds is 3. The van der Waals surface area contributed by atoms with Crippen molar-refractivity contribution in [2.24, 2.45) is 0 Å². The first-order valence-electron chi connectivity index (χ1n) is 6.30. The van der Waals surface area contributed by atoms with Crippen LogP contribution in [0.25, 0.3) is 0 Å². The number of carbonyl (C=O) groups is 3. The monoisotopic (exact) mass is 264 g/mol. The molecule has 0 saturated carbocycles. The minimum Gasteiger partial charge on any atom is -0.374 e. The maximum absolute atomic E-state index is 11.9. The molecule has 1 N–H and O–H groups in total. The molecule has 0 aromatic carbocycles. The van der Waals surface area contributed by atoms with Gasteiger partial charge >= 0.3 is 6.03 Å². The van der Waals surface area contributed by atoms with Gasteiger partial charge < -0.3 is 4.74 Å². The summed E-state index contributed by atoms with van der Waals surface area (Å²) in [6, 6.07) is -0.669. The lowest BCUT2D eigenvalue weighted by atomic mass is 10.1.